The maximum atomic E-state index is 12.2. The summed E-state index contributed by atoms with van der Waals surface area (Å²) in [6.07, 6.45) is 11.0. The summed E-state index contributed by atoms with van der Waals surface area (Å²) >= 11 is 0. The fourth-order valence-electron chi connectivity index (χ4n) is 5.82. The Bertz CT molecular complexity index is 786. The first-order valence-electron chi connectivity index (χ1n) is 9.04. The zero-order chi connectivity index (χ0) is 16.6. The highest BCUT2D eigenvalue weighted by molar-refractivity contribution is 5.84. The Kier molecular flexibility index (Phi) is 2.83. The van der Waals surface area contributed by atoms with Crippen molar-refractivity contribution in [1.82, 2.24) is 0 Å². The molecule has 0 amide bonds. The van der Waals surface area contributed by atoms with Crippen LogP contribution in [0.4, 0.5) is 5.69 Å². The number of benzene rings is 1. The van der Waals surface area contributed by atoms with Gasteiger partial charge in [0.15, 0.2) is 0 Å². The van der Waals surface area contributed by atoms with Gasteiger partial charge in [-0.15, -0.1) is 0 Å². The molecule has 2 aliphatic carbocycles. The summed E-state index contributed by atoms with van der Waals surface area (Å²) in [5.74, 6) is 0.772. The van der Waals surface area contributed by atoms with Crippen molar-refractivity contribution in [3.63, 3.8) is 0 Å². The lowest BCUT2D eigenvalue weighted by molar-refractivity contribution is -0.140. The summed E-state index contributed by atoms with van der Waals surface area (Å²) in [4.78, 5) is 14.4. The summed E-state index contributed by atoms with van der Waals surface area (Å²) in [7, 11) is 0. The molecule has 3 nitrogen and oxygen atoms in total. The second kappa shape index (κ2) is 4.75. The molecule has 1 aromatic rings. The Morgan fingerprint density at radius 3 is 2.50 bits per heavy atom. The zero-order valence-corrected chi connectivity index (χ0v) is 14.2. The molecule has 0 unspecified atom stereocenters. The topological polar surface area (TPSA) is 40.5 Å². The lowest BCUT2D eigenvalue weighted by Crippen LogP contribution is -2.54. The third-order valence-electron chi connectivity index (χ3n) is 6.68. The Balaban J connectivity index is 1.82. The first kappa shape index (κ1) is 14.3. The van der Waals surface area contributed by atoms with Crippen LogP contribution in [0.25, 0.3) is 0 Å². The second-order valence-electron chi connectivity index (χ2n) is 7.92. The molecule has 1 aromatic carbocycles. The van der Waals surface area contributed by atoms with Gasteiger partial charge in [0.1, 0.15) is 6.04 Å². The minimum atomic E-state index is -0.658. The van der Waals surface area contributed by atoms with E-state index in [0.29, 0.717) is 11.8 Å². The van der Waals surface area contributed by atoms with Crippen molar-refractivity contribution in [1.29, 1.82) is 0 Å². The van der Waals surface area contributed by atoms with Crippen molar-refractivity contribution < 1.29 is 9.90 Å². The van der Waals surface area contributed by atoms with Crippen LogP contribution >= 0.6 is 0 Å². The number of aryl methyl sites for hydroxylation is 2. The minimum Gasteiger partial charge on any atom is -0.480 e. The molecular weight excluding hydrogens is 298 g/mol. The molecule has 4 aliphatic rings. The lowest BCUT2D eigenvalue weighted by atomic mass is 9.70. The highest BCUT2D eigenvalue weighted by Crippen LogP contribution is 2.56. The number of hydrogen-bond acceptors (Lipinski definition) is 2. The van der Waals surface area contributed by atoms with E-state index in [9.17, 15) is 9.90 Å². The molecule has 5 rings (SSSR count). The molecule has 124 valence electrons. The molecule has 5 atom stereocenters. The van der Waals surface area contributed by atoms with Gasteiger partial charge in [-0.2, -0.15) is 0 Å². The van der Waals surface area contributed by atoms with Crippen LogP contribution in [0, 0.1) is 25.7 Å². The van der Waals surface area contributed by atoms with Gasteiger partial charge in [0.2, 0.25) is 0 Å². The molecule has 0 radical (unpaired) electrons. The molecule has 3 heteroatoms. The number of nitrogens with zero attached hydrogens (tertiary/aromatic N) is 1. The van der Waals surface area contributed by atoms with Gasteiger partial charge in [-0.25, -0.2) is 4.79 Å². The largest absolute Gasteiger partial charge is 0.480 e. The predicted molar refractivity (Wildman–Crippen MR) is 94.7 cm³/mol. The summed E-state index contributed by atoms with van der Waals surface area (Å²) in [6.45, 7) is 5.27. The number of carboxylic acids is 1. The van der Waals surface area contributed by atoms with E-state index in [1.807, 2.05) is 0 Å². The number of carboxylic acid groups (broad SMARTS) is 1. The average Bonchev–Trinajstić information content (AvgIpc) is 3.17. The highest BCUT2D eigenvalue weighted by Gasteiger charge is 2.50. The van der Waals surface area contributed by atoms with E-state index < -0.39 is 5.97 Å². The molecule has 0 fully saturated rings. The molecule has 2 aliphatic heterocycles. The van der Waals surface area contributed by atoms with Gasteiger partial charge in [-0.3, -0.25) is 0 Å². The van der Waals surface area contributed by atoms with Crippen molar-refractivity contribution in [2.75, 3.05) is 11.4 Å². The maximum absolute atomic E-state index is 12.2. The molecule has 1 N–H and O–H groups in total. The molecule has 0 saturated carbocycles. The Hall–Kier alpha value is -2.03. The summed E-state index contributed by atoms with van der Waals surface area (Å²) in [5, 5.41) is 10.0. The van der Waals surface area contributed by atoms with Crippen molar-refractivity contribution in [3.8, 4) is 0 Å². The molecule has 2 heterocycles. The molecule has 0 aromatic heterocycles. The fourth-order valence-corrected chi connectivity index (χ4v) is 5.82. The van der Waals surface area contributed by atoms with E-state index in [1.54, 1.807) is 0 Å². The average molecular weight is 321 g/mol. The number of hydrogen-bond donors (Lipinski definition) is 1. The monoisotopic (exact) mass is 321 g/mol. The lowest BCUT2D eigenvalue weighted by Gasteiger charge is -2.50. The number of fused-ring (bicyclic) bond motifs is 4. The van der Waals surface area contributed by atoms with Crippen LogP contribution < -0.4 is 4.90 Å². The van der Waals surface area contributed by atoms with Crippen LogP contribution in [-0.2, 0) is 4.79 Å². The normalized spacial score (nSPS) is 34.9. The van der Waals surface area contributed by atoms with E-state index in [4.69, 9.17) is 0 Å². The predicted octanol–water partition coefficient (Wildman–Crippen LogP) is 3.91. The number of aliphatic carboxylic acids is 1. The Labute approximate surface area is 142 Å². The standard InChI is InChI=1S/C21H23NO2/c1-11-9-12(2)18-15-7-4-8-16(15)19(21(23)24)22-10-13-5-3-6-14(13)17(11)20(18)22/h3-4,6-7,9,13-16,19H,5,8,10H2,1-2H3,(H,23,24)/t13-,14-,15-,16-,19+/m1/s1. The van der Waals surface area contributed by atoms with E-state index in [1.165, 1.54) is 27.9 Å². The molecular formula is C21H23NO2. The molecule has 0 spiro atoms. The van der Waals surface area contributed by atoms with Gasteiger partial charge in [-0.1, -0.05) is 30.4 Å². The van der Waals surface area contributed by atoms with Crippen LogP contribution in [0.5, 0.6) is 0 Å². The Morgan fingerprint density at radius 2 is 1.75 bits per heavy atom. The van der Waals surface area contributed by atoms with Crippen LogP contribution in [0.15, 0.2) is 30.4 Å². The van der Waals surface area contributed by atoms with Gasteiger partial charge in [-0.05, 0) is 54.9 Å². The first-order valence-corrected chi connectivity index (χ1v) is 9.04. The first-order chi connectivity index (χ1) is 11.6. The van der Waals surface area contributed by atoms with Crippen LogP contribution in [-0.4, -0.2) is 23.7 Å². The number of allylic oxidation sites excluding steroid dienone is 4. The van der Waals surface area contributed by atoms with E-state index in [-0.39, 0.29) is 17.9 Å². The molecule has 0 bridgehead atoms. The van der Waals surface area contributed by atoms with Crippen molar-refractivity contribution in [2.24, 2.45) is 11.8 Å². The van der Waals surface area contributed by atoms with Crippen molar-refractivity contribution in [2.45, 2.75) is 44.6 Å². The van der Waals surface area contributed by atoms with E-state index in [0.717, 1.165) is 19.4 Å². The van der Waals surface area contributed by atoms with Crippen molar-refractivity contribution >= 4 is 11.7 Å². The van der Waals surface area contributed by atoms with Crippen LogP contribution in [0.3, 0.4) is 0 Å². The van der Waals surface area contributed by atoms with E-state index in [2.05, 4.69) is 49.1 Å². The third-order valence-corrected chi connectivity index (χ3v) is 6.68. The number of anilines is 1. The fraction of sp³-hybridized carbons (Fsp3) is 0.476. The van der Waals surface area contributed by atoms with Crippen LogP contribution in [0.1, 0.15) is 46.9 Å². The van der Waals surface area contributed by atoms with Gasteiger partial charge >= 0.3 is 5.97 Å². The highest BCUT2D eigenvalue weighted by atomic mass is 16.4. The minimum absolute atomic E-state index is 0.176. The van der Waals surface area contributed by atoms with Gasteiger partial charge in [0, 0.05) is 30.0 Å². The smallest absolute Gasteiger partial charge is 0.326 e. The van der Waals surface area contributed by atoms with Gasteiger partial charge in [0.25, 0.3) is 0 Å². The Morgan fingerprint density at radius 1 is 1.08 bits per heavy atom. The summed E-state index contributed by atoms with van der Waals surface area (Å²) in [6, 6.07) is 1.93. The van der Waals surface area contributed by atoms with Gasteiger partial charge < -0.3 is 10.0 Å². The second-order valence-corrected chi connectivity index (χ2v) is 7.92. The molecule has 24 heavy (non-hydrogen) atoms. The quantitative estimate of drug-likeness (QED) is 0.797. The number of carbonyl (C=O) groups is 1. The molecule has 0 saturated heterocycles. The van der Waals surface area contributed by atoms with Crippen LogP contribution in [0.2, 0.25) is 0 Å². The van der Waals surface area contributed by atoms with E-state index >= 15 is 0 Å². The SMILES string of the molecule is Cc1cc(C)c2c3c1[C@@H]1C=CC[C@@H]1CN3[C@H](C(=O)O)[C@@H]1CC=C[C@@H]21. The third kappa shape index (κ3) is 1.65. The number of rotatable bonds is 1. The zero-order valence-electron chi connectivity index (χ0n) is 14.2. The summed E-state index contributed by atoms with van der Waals surface area (Å²) in [5.41, 5.74) is 6.68. The van der Waals surface area contributed by atoms with Crippen molar-refractivity contribution in [3.05, 3.63) is 52.6 Å². The van der Waals surface area contributed by atoms with Gasteiger partial charge in [0.05, 0.1) is 0 Å². The maximum Gasteiger partial charge on any atom is 0.326 e. The summed E-state index contributed by atoms with van der Waals surface area (Å²) < 4.78 is 0.